The van der Waals surface area contributed by atoms with E-state index in [0.29, 0.717) is 16.1 Å². The highest BCUT2D eigenvalue weighted by molar-refractivity contribution is 6.30. The Hall–Kier alpha value is -2.59. The number of aromatic nitrogens is 1. The highest BCUT2D eigenvalue weighted by Gasteiger charge is 2.09. The number of hydrogen-bond acceptors (Lipinski definition) is 3. The van der Waals surface area contributed by atoms with Crippen molar-refractivity contribution in [1.29, 1.82) is 0 Å². The van der Waals surface area contributed by atoms with Crippen molar-refractivity contribution in [1.82, 2.24) is 4.98 Å². The normalized spacial score (nSPS) is 10.6. The molecule has 0 spiro atoms. The Morgan fingerprint density at radius 3 is 2.59 bits per heavy atom. The number of pyridine rings is 1. The molecule has 0 aliphatic carbocycles. The Labute approximate surface area is 131 Å². The maximum Gasteiger partial charge on any atom is 0.338 e. The van der Waals surface area contributed by atoms with E-state index < -0.39 is 5.97 Å². The van der Waals surface area contributed by atoms with Crippen molar-refractivity contribution < 1.29 is 9.53 Å². The molecule has 1 N–H and O–H groups in total. The molecular formula is C17H12ClNO3. The highest BCUT2D eigenvalue weighted by Crippen LogP contribution is 2.13. The van der Waals surface area contributed by atoms with Gasteiger partial charge in [-0.2, -0.15) is 0 Å². The molecule has 0 amide bonds. The number of esters is 1. The Morgan fingerprint density at radius 1 is 1.09 bits per heavy atom. The van der Waals surface area contributed by atoms with Gasteiger partial charge in [0.25, 0.3) is 5.56 Å². The lowest BCUT2D eigenvalue weighted by atomic mass is 10.1. The maximum atomic E-state index is 12.0. The van der Waals surface area contributed by atoms with Gasteiger partial charge >= 0.3 is 5.97 Å². The number of hydrogen-bond donors (Lipinski definition) is 1. The molecule has 0 saturated heterocycles. The Kier molecular flexibility index (Phi) is 3.94. The topological polar surface area (TPSA) is 59.2 Å². The minimum Gasteiger partial charge on any atom is -0.457 e. The number of ether oxygens (including phenoxy) is 1. The molecule has 0 atom stereocenters. The second kappa shape index (κ2) is 6.03. The van der Waals surface area contributed by atoms with Gasteiger partial charge in [-0.3, -0.25) is 4.79 Å². The summed E-state index contributed by atoms with van der Waals surface area (Å²) in [5.74, 6) is -0.496. The van der Waals surface area contributed by atoms with Crippen molar-refractivity contribution in [2.45, 2.75) is 6.61 Å². The van der Waals surface area contributed by atoms with Crippen LogP contribution in [-0.4, -0.2) is 11.0 Å². The van der Waals surface area contributed by atoms with Gasteiger partial charge in [0.2, 0.25) is 0 Å². The van der Waals surface area contributed by atoms with E-state index in [0.717, 1.165) is 10.9 Å². The average Bonchev–Trinajstić information content (AvgIpc) is 2.53. The van der Waals surface area contributed by atoms with Crippen molar-refractivity contribution in [2.75, 3.05) is 0 Å². The Balaban J connectivity index is 1.78. The van der Waals surface area contributed by atoms with Crippen molar-refractivity contribution in [3.63, 3.8) is 0 Å². The van der Waals surface area contributed by atoms with E-state index in [9.17, 15) is 9.59 Å². The number of fused-ring (bicyclic) bond motifs is 1. The zero-order chi connectivity index (χ0) is 15.5. The lowest BCUT2D eigenvalue weighted by molar-refractivity contribution is 0.0471. The fraction of sp³-hybridized carbons (Fsp3) is 0.0588. The van der Waals surface area contributed by atoms with Crippen molar-refractivity contribution in [2.24, 2.45) is 0 Å². The number of H-pyrrole nitrogens is 1. The molecule has 0 fully saturated rings. The van der Waals surface area contributed by atoms with E-state index >= 15 is 0 Å². The van der Waals surface area contributed by atoms with Crippen LogP contribution in [0.4, 0.5) is 0 Å². The molecule has 0 bridgehead atoms. The fourth-order valence-electron chi connectivity index (χ4n) is 2.11. The van der Waals surface area contributed by atoms with Gasteiger partial charge in [0, 0.05) is 10.5 Å². The zero-order valence-electron chi connectivity index (χ0n) is 11.5. The second-order valence-corrected chi connectivity index (χ2v) is 5.23. The van der Waals surface area contributed by atoms with Crippen molar-refractivity contribution in [3.8, 4) is 0 Å². The number of para-hydroxylation sites is 1. The summed E-state index contributed by atoms with van der Waals surface area (Å²) in [6.07, 6.45) is 0. The molecule has 22 heavy (non-hydrogen) atoms. The van der Waals surface area contributed by atoms with Crippen LogP contribution >= 0.6 is 11.6 Å². The van der Waals surface area contributed by atoms with Gasteiger partial charge in [0.05, 0.1) is 11.1 Å². The van der Waals surface area contributed by atoms with Gasteiger partial charge in [0.15, 0.2) is 0 Å². The molecule has 0 unspecified atom stereocenters. The van der Waals surface area contributed by atoms with Crippen LogP contribution in [0, 0.1) is 0 Å². The SMILES string of the molecule is O=C(OCc1cc2ccccc2[nH]c1=O)c1ccc(Cl)cc1. The van der Waals surface area contributed by atoms with Crippen LogP contribution in [0.15, 0.2) is 59.4 Å². The van der Waals surface area contributed by atoms with Crippen molar-refractivity contribution in [3.05, 3.63) is 81.1 Å². The van der Waals surface area contributed by atoms with Gasteiger partial charge in [-0.25, -0.2) is 4.79 Å². The third kappa shape index (κ3) is 3.02. The molecule has 5 heteroatoms. The highest BCUT2D eigenvalue weighted by atomic mass is 35.5. The first-order valence-electron chi connectivity index (χ1n) is 6.67. The molecule has 3 rings (SSSR count). The van der Waals surface area contributed by atoms with Crippen LogP contribution < -0.4 is 5.56 Å². The maximum absolute atomic E-state index is 12.0. The number of carbonyl (C=O) groups excluding carboxylic acids is 1. The predicted molar refractivity (Wildman–Crippen MR) is 85.1 cm³/mol. The number of benzene rings is 2. The average molecular weight is 314 g/mol. The molecule has 4 nitrogen and oxygen atoms in total. The van der Waals surface area contributed by atoms with Crippen molar-refractivity contribution >= 4 is 28.5 Å². The molecule has 3 aromatic rings. The van der Waals surface area contributed by atoms with Gasteiger partial charge in [-0.15, -0.1) is 0 Å². The van der Waals surface area contributed by atoms with E-state index in [1.165, 1.54) is 0 Å². The molecule has 2 aromatic carbocycles. The van der Waals surface area contributed by atoms with Crippen LogP contribution in [0.5, 0.6) is 0 Å². The summed E-state index contributed by atoms with van der Waals surface area (Å²) in [5.41, 5.74) is 1.28. The third-order valence-electron chi connectivity index (χ3n) is 3.27. The predicted octanol–water partition coefficient (Wildman–Crippen LogP) is 3.54. The van der Waals surface area contributed by atoms with E-state index in [4.69, 9.17) is 16.3 Å². The summed E-state index contributed by atoms with van der Waals surface area (Å²) >= 11 is 5.77. The van der Waals surface area contributed by atoms with Crippen LogP contribution in [0.1, 0.15) is 15.9 Å². The monoisotopic (exact) mass is 313 g/mol. The molecule has 110 valence electrons. The summed E-state index contributed by atoms with van der Waals surface area (Å²) in [6.45, 7) is -0.0817. The summed E-state index contributed by atoms with van der Waals surface area (Å²) in [5, 5.41) is 1.43. The number of carbonyl (C=O) groups is 1. The minimum absolute atomic E-state index is 0.0817. The van der Waals surface area contributed by atoms with Gasteiger partial charge in [-0.1, -0.05) is 29.8 Å². The molecule has 1 aromatic heterocycles. The first-order valence-corrected chi connectivity index (χ1v) is 7.05. The van der Waals surface area contributed by atoms with Crippen LogP contribution in [0.25, 0.3) is 10.9 Å². The first kappa shape index (κ1) is 14.4. The quantitative estimate of drug-likeness (QED) is 0.752. The number of aromatic amines is 1. The van der Waals surface area contributed by atoms with Gasteiger partial charge in [-0.05, 0) is 41.8 Å². The Bertz CT molecular complexity index is 884. The summed E-state index contributed by atoms with van der Waals surface area (Å²) < 4.78 is 5.18. The van der Waals surface area contributed by atoms with Crippen LogP contribution in [0.2, 0.25) is 5.02 Å². The summed E-state index contributed by atoms with van der Waals surface area (Å²) in [6, 6.07) is 15.5. The summed E-state index contributed by atoms with van der Waals surface area (Å²) in [7, 11) is 0. The van der Waals surface area contributed by atoms with E-state index in [1.807, 2.05) is 24.3 Å². The Morgan fingerprint density at radius 2 is 1.82 bits per heavy atom. The summed E-state index contributed by atoms with van der Waals surface area (Å²) in [4.78, 5) is 26.7. The molecule has 0 aliphatic heterocycles. The number of nitrogens with one attached hydrogen (secondary N) is 1. The lowest BCUT2D eigenvalue weighted by Gasteiger charge is -2.06. The largest absolute Gasteiger partial charge is 0.457 e. The standard InChI is InChI=1S/C17H12ClNO3/c18-14-7-5-11(6-8-14)17(21)22-10-13-9-12-3-1-2-4-15(12)19-16(13)20/h1-9H,10H2,(H,19,20). The smallest absolute Gasteiger partial charge is 0.338 e. The fourth-order valence-corrected chi connectivity index (χ4v) is 2.24. The van der Waals surface area contributed by atoms with E-state index in [2.05, 4.69) is 4.98 Å². The lowest BCUT2D eigenvalue weighted by Crippen LogP contribution is -2.15. The number of rotatable bonds is 3. The molecule has 0 saturated carbocycles. The second-order valence-electron chi connectivity index (χ2n) is 4.79. The molecule has 0 radical (unpaired) electrons. The molecule has 0 aliphatic rings. The minimum atomic E-state index is -0.496. The third-order valence-corrected chi connectivity index (χ3v) is 3.52. The zero-order valence-corrected chi connectivity index (χ0v) is 12.3. The first-order chi connectivity index (χ1) is 10.6. The van der Waals surface area contributed by atoms with E-state index in [1.54, 1.807) is 30.3 Å². The molecular weight excluding hydrogens is 302 g/mol. The van der Waals surface area contributed by atoms with E-state index in [-0.39, 0.29) is 12.2 Å². The number of halogens is 1. The van der Waals surface area contributed by atoms with Gasteiger partial charge in [0.1, 0.15) is 6.61 Å². The van der Waals surface area contributed by atoms with Crippen LogP contribution in [-0.2, 0) is 11.3 Å². The molecule has 1 heterocycles. The van der Waals surface area contributed by atoms with Crippen LogP contribution in [0.3, 0.4) is 0 Å². The van der Waals surface area contributed by atoms with Gasteiger partial charge < -0.3 is 9.72 Å².